The summed E-state index contributed by atoms with van der Waals surface area (Å²) in [6.45, 7) is 22.5. The molecule has 0 bridgehead atoms. The van der Waals surface area contributed by atoms with Gasteiger partial charge in [0, 0.05) is 21.1 Å². The van der Waals surface area contributed by atoms with Crippen LogP contribution in [0.4, 0.5) is 0 Å². The van der Waals surface area contributed by atoms with E-state index in [0.717, 1.165) is 0 Å². The topological polar surface area (TPSA) is 99.5 Å². The molecule has 0 atom stereocenters. The smallest absolute Gasteiger partial charge is 0 e. The Labute approximate surface area is 180 Å². The molecule has 0 N–H and O–H groups in total. The maximum Gasteiger partial charge on any atom is 0 e. The van der Waals surface area contributed by atoms with Crippen molar-refractivity contribution in [3.8, 4) is 0 Å². The molecule has 0 fully saturated rings. The van der Waals surface area contributed by atoms with Crippen LogP contribution >= 0.6 is 7.92 Å². The van der Waals surface area contributed by atoms with Crippen LogP contribution in [-0.2, 0) is 44.3 Å². The molecule has 0 spiro atoms. The fourth-order valence-electron chi connectivity index (χ4n) is 2.05. The Morgan fingerprint density at radius 3 is 1.18 bits per heavy atom. The van der Waals surface area contributed by atoms with Crippen molar-refractivity contribution in [2.24, 2.45) is 0 Å². The van der Waals surface area contributed by atoms with Crippen LogP contribution in [0.3, 0.4) is 0 Å². The van der Waals surface area contributed by atoms with Crippen LogP contribution in [-0.4, -0.2) is 0 Å². The van der Waals surface area contributed by atoms with E-state index in [1.807, 2.05) is 0 Å². The molecular formula is C21H14MoO5P+. The van der Waals surface area contributed by atoms with Crippen molar-refractivity contribution >= 4 is 25.4 Å². The fraction of sp³-hybridized carbons (Fsp3) is 0. The molecule has 3 rings (SSSR count). The summed E-state index contributed by atoms with van der Waals surface area (Å²) in [5.41, 5.74) is 2.64. The summed E-state index contributed by atoms with van der Waals surface area (Å²) in [6.07, 6.45) is 4.52. The maximum atomic E-state index is 7.50. The molecule has 0 radical (unpaired) electrons. The van der Waals surface area contributed by atoms with Crippen molar-refractivity contribution in [2.75, 3.05) is 0 Å². The van der Waals surface area contributed by atoms with Crippen LogP contribution in [0, 0.1) is 33.3 Å². The Morgan fingerprint density at radius 1 is 0.500 bits per heavy atom. The second kappa shape index (κ2) is 27.0. The van der Waals surface area contributed by atoms with Crippen LogP contribution in [0.2, 0.25) is 0 Å². The molecule has 1 heterocycles. The summed E-state index contributed by atoms with van der Waals surface area (Å²) < 4.78 is 37.5. The number of hydrogen-bond donors (Lipinski definition) is 0. The summed E-state index contributed by atoms with van der Waals surface area (Å²) >= 11 is 0. The molecule has 0 saturated carbocycles. The molecule has 0 aromatic heterocycles. The number of hydrogen-bond acceptors (Lipinski definition) is 0. The van der Waals surface area contributed by atoms with Crippen LogP contribution < -0.4 is 5.30 Å². The summed E-state index contributed by atoms with van der Waals surface area (Å²) in [5, 5.41) is 1.44. The van der Waals surface area contributed by atoms with Crippen LogP contribution in [0.5, 0.6) is 0 Å². The molecule has 28 heavy (non-hydrogen) atoms. The first kappa shape index (κ1) is 33.3. The zero-order chi connectivity index (χ0) is 21.5. The van der Waals surface area contributed by atoms with E-state index in [1.54, 1.807) is 0 Å². The molecule has 0 saturated heterocycles. The molecule has 2 aromatic carbocycles. The molecule has 138 valence electrons. The Balaban J connectivity index is -0.000000230. The third-order valence-corrected chi connectivity index (χ3v) is 5.04. The minimum absolute atomic E-state index is 0. The Morgan fingerprint density at radius 2 is 0.821 bits per heavy atom. The molecule has 5 nitrogen and oxygen atoms in total. The normalized spacial score (nSPS) is 9.07. The molecule has 2 aromatic rings. The molecule has 1 aliphatic rings. The molecular weight excluding hydrogens is 459 g/mol. The zero-order valence-corrected chi connectivity index (χ0v) is 17.5. The van der Waals surface area contributed by atoms with Crippen LogP contribution in [0.1, 0.15) is 11.1 Å². The first-order chi connectivity index (χ1) is 13.4. The van der Waals surface area contributed by atoms with Gasteiger partial charge < -0.3 is 0 Å². The van der Waals surface area contributed by atoms with Crippen molar-refractivity contribution < 1.29 is 44.3 Å². The van der Waals surface area contributed by atoms with Crippen molar-refractivity contribution in [3.05, 3.63) is 111 Å². The minimum atomic E-state index is -0.689. The second-order valence-corrected chi connectivity index (χ2v) is 6.27. The van der Waals surface area contributed by atoms with E-state index in [9.17, 15) is 0 Å². The van der Waals surface area contributed by atoms with Gasteiger partial charge in [0.15, 0.2) is 0 Å². The van der Waals surface area contributed by atoms with Gasteiger partial charge in [-0.3, -0.25) is 0 Å². The van der Waals surface area contributed by atoms with E-state index >= 15 is 0 Å². The van der Waals surface area contributed by atoms with Gasteiger partial charge in [-0.05, 0) is 35.4 Å². The van der Waals surface area contributed by atoms with Crippen molar-refractivity contribution in [2.45, 2.75) is 0 Å². The van der Waals surface area contributed by atoms with Gasteiger partial charge in [0.05, 0.1) is 19.6 Å². The molecule has 1 aliphatic heterocycles. The maximum absolute atomic E-state index is 7.50. The average molecular weight is 473 g/mol. The van der Waals surface area contributed by atoms with Gasteiger partial charge >= 0.3 is 56.5 Å². The third kappa shape index (κ3) is 13.0. The standard InChI is InChI=1S/C16H13P.5CO.Mo/c1-2-8-16(9-3-1)17-12-10-14-6-4-5-7-15(14)11-13-17;5*1-2;/h1-13H;;;;;;/p+1. The molecule has 0 unspecified atom stereocenters. The third-order valence-electron chi connectivity index (χ3n) is 2.99. The van der Waals surface area contributed by atoms with E-state index in [4.69, 9.17) is 23.3 Å². The summed E-state index contributed by atoms with van der Waals surface area (Å²) in [6, 6.07) is 19.3. The molecule has 0 aliphatic carbocycles. The minimum Gasteiger partial charge on any atom is 0 e. The largest absolute Gasteiger partial charge is 0 e. The first-order valence-electron chi connectivity index (χ1n) is 6.83. The van der Waals surface area contributed by atoms with E-state index in [2.05, 4.69) is 112 Å². The predicted molar refractivity (Wildman–Crippen MR) is 98.5 cm³/mol. The SMILES string of the molecule is C1=C[PH+](c2ccccc2)C=Cc2ccccc21.[C-]#[O+].[C-]#[O+].[C-]#[O+].[C-]#[O+].[C-]#[O+].[Mo]. The van der Waals surface area contributed by atoms with Gasteiger partial charge in [-0.25, -0.2) is 0 Å². The fourth-order valence-corrected chi connectivity index (χ4v) is 3.84. The van der Waals surface area contributed by atoms with Gasteiger partial charge in [0.25, 0.3) is 0 Å². The molecule has 7 heteroatoms. The van der Waals surface area contributed by atoms with Gasteiger partial charge in [0.2, 0.25) is 0 Å². The predicted octanol–water partition coefficient (Wildman–Crippen LogP) is 3.99. The van der Waals surface area contributed by atoms with Crippen molar-refractivity contribution in [1.29, 1.82) is 0 Å². The summed E-state index contributed by atoms with van der Waals surface area (Å²) in [7, 11) is -0.689. The Kier molecular flexibility index (Phi) is 32.1. The molecule has 0 amide bonds. The van der Waals surface area contributed by atoms with Gasteiger partial charge in [-0.15, -0.1) is 0 Å². The van der Waals surface area contributed by atoms with Crippen molar-refractivity contribution in [1.82, 2.24) is 0 Å². The van der Waals surface area contributed by atoms with E-state index in [0.29, 0.717) is 0 Å². The second-order valence-electron chi connectivity index (χ2n) is 4.12. The van der Waals surface area contributed by atoms with Crippen LogP contribution in [0.25, 0.3) is 12.2 Å². The van der Waals surface area contributed by atoms with E-state index < -0.39 is 7.92 Å². The van der Waals surface area contributed by atoms with Crippen LogP contribution in [0.15, 0.2) is 66.2 Å². The first-order valence-corrected chi connectivity index (χ1v) is 8.48. The Hall–Kier alpha value is -2.26. The number of rotatable bonds is 1. The van der Waals surface area contributed by atoms with E-state index in [1.165, 1.54) is 16.4 Å². The van der Waals surface area contributed by atoms with Gasteiger partial charge in [0.1, 0.15) is 5.30 Å². The Bertz CT molecular complexity index is 722. The average Bonchev–Trinajstić information content (AvgIpc) is 3.04. The van der Waals surface area contributed by atoms with Gasteiger partial charge in [-0.1, -0.05) is 42.5 Å². The summed E-state index contributed by atoms with van der Waals surface area (Å²) in [5.74, 6) is 4.73. The van der Waals surface area contributed by atoms with Crippen molar-refractivity contribution in [3.63, 3.8) is 0 Å². The number of fused-ring (bicyclic) bond motifs is 1. The van der Waals surface area contributed by atoms with Gasteiger partial charge in [-0.2, -0.15) is 0 Å². The summed E-state index contributed by atoms with van der Waals surface area (Å²) in [4.78, 5) is 0. The number of benzene rings is 2. The zero-order valence-electron chi connectivity index (χ0n) is 14.5. The van der Waals surface area contributed by atoms with E-state index in [-0.39, 0.29) is 21.1 Å². The quantitative estimate of drug-likeness (QED) is 0.259. The monoisotopic (exact) mass is 475 g/mol.